The van der Waals surface area contributed by atoms with Crippen LogP contribution in [0.3, 0.4) is 0 Å². The van der Waals surface area contributed by atoms with E-state index in [9.17, 15) is 14.7 Å². The minimum Gasteiger partial charge on any atom is -0.508 e. The number of piperazine rings is 1. The Labute approximate surface area is 125 Å². The number of aromatic hydroxyl groups is 1. The third-order valence-electron chi connectivity index (χ3n) is 3.81. The molecule has 2 rings (SSSR count). The molecule has 21 heavy (non-hydrogen) atoms. The Kier molecular flexibility index (Phi) is 4.83. The van der Waals surface area contributed by atoms with Crippen molar-refractivity contribution in [3.8, 4) is 5.75 Å². The minimum atomic E-state index is -0.442. The number of amides is 2. The van der Waals surface area contributed by atoms with Crippen molar-refractivity contribution in [2.75, 3.05) is 0 Å². The van der Waals surface area contributed by atoms with E-state index >= 15 is 0 Å². The van der Waals surface area contributed by atoms with E-state index in [2.05, 4.69) is 5.32 Å². The monoisotopic (exact) mass is 290 g/mol. The number of benzene rings is 1. The van der Waals surface area contributed by atoms with E-state index in [1.54, 1.807) is 23.1 Å². The van der Waals surface area contributed by atoms with Crippen LogP contribution in [0.25, 0.3) is 0 Å². The molecule has 1 aromatic rings. The zero-order chi connectivity index (χ0) is 15.4. The molecule has 5 nitrogen and oxygen atoms in total. The summed E-state index contributed by atoms with van der Waals surface area (Å²) in [6, 6.07) is 5.95. The van der Waals surface area contributed by atoms with Crippen LogP contribution in [0.2, 0.25) is 0 Å². The van der Waals surface area contributed by atoms with Gasteiger partial charge in [0, 0.05) is 6.54 Å². The standard InChI is InChI=1S/C16H22N2O3/c1-3-6-14-15(20)17-13(4-2)16(21)18(14)10-11-7-5-8-12(19)9-11/h5,7-9,13-14,19H,3-4,6,10H2,1-2H3,(H,17,20). The van der Waals surface area contributed by atoms with Crippen molar-refractivity contribution in [1.29, 1.82) is 0 Å². The predicted octanol–water partition coefficient (Wildman–Crippen LogP) is 1.80. The number of nitrogens with one attached hydrogen (secondary N) is 1. The number of rotatable bonds is 5. The largest absolute Gasteiger partial charge is 0.508 e. The van der Waals surface area contributed by atoms with Gasteiger partial charge in [-0.25, -0.2) is 0 Å². The number of hydrogen-bond donors (Lipinski definition) is 2. The van der Waals surface area contributed by atoms with Crippen LogP contribution in [0.4, 0.5) is 0 Å². The quantitative estimate of drug-likeness (QED) is 0.868. The highest BCUT2D eigenvalue weighted by Gasteiger charge is 2.38. The molecule has 0 saturated carbocycles. The average molecular weight is 290 g/mol. The van der Waals surface area contributed by atoms with E-state index in [0.29, 0.717) is 19.4 Å². The van der Waals surface area contributed by atoms with Gasteiger partial charge in [0.25, 0.3) is 0 Å². The smallest absolute Gasteiger partial charge is 0.246 e. The van der Waals surface area contributed by atoms with Gasteiger partial charge in [0.15, 0.2) is 0 Å². The highest BCUT2D eigenvalue weighted by atomic mass is 16.3. The Bertz CT molecular complexity index is 530. The van der Waals surface area contributed by atoms with E-state index in [-0.39, 0.29) is 17.6 Å². The lowest BCUT2D eigenvalue weighted by atomic mass is 10.0. The van der Waals surface area contributed by atoms with Gasteiger partial charge in [0.05, 0.1) is 0 Å². The first-order valence-corrected chi connectivity index (χ1v) is 7.45. The van der Waals surface area contributed by atoms with Gasteiger partial charge in [-0.2, -0.15) is 0 Å². The van der Waals surface area contributed by atoms with Gasteiger partial charge in [0.2, 0.25) is 11.8 Å². The molecule has 2 amide bonds. The fraction of sp³-hybridized carbons (Fsp3) is 0.500. The molecule has 1 saturated heterocycles. The molecule has 0 aromatic heterocycles. The molecule has 2 unspecified atom stereocenters. The second kappa shape index (κ2) is 6.61. The van der Waals surface area contributed by atoms with Crippen LogP contribution < -0.4 is 5.32 Å². The Hall–Kier alpha value is -2.04. The van der Waals surface area contributed by atoms with Crippen molar-refractivity contribution in [3.05, 3.63) is 29.8 Å². The summed E-state index contributed by atoms with van der Waals surface area (Å²) >= 11 is 0. The van der Waals surface area contributed by atoms with Crippen molar-refractivity contribution in [1.82, 2.24) is 10.2 Å². The topological polar surface area (TPSA) is 69.6 Å². The molecule has 1 fully saturated rings. The molecule has 0 spiro atoms. The second-order valence-electron chi connectivity index (χ2n) is 5.41. The summed E-state index contributed by atoms with van der Waals surface area (Å²) in [4.78, 5) is 26.4. The van der Waals surface area contributed by atoms with Gasteiger partial charge in [-0.15, -0.1) is 0 Å². The molecule has 1 heterocycles. The molecule has 0 bridgehead atoms. The number of nitrogens with zero attached hydrogens (tertiary/aromatic N) is 1. The molecular formula is C16H22N2O3. The number of phenolic OH excluding ortho intramolecular Hbond substituents is 1. The van der Waals surface area contributed by atoms with Gasteiger partial charge >= 0.3 is 0 Å². The van der Waals surface area contributed by atoms with E-state index in [1.807, 2.05) is 19.9 Å². The molecule has 2 atom stereocenters. The van der Waals surface area contributed by atoms with E-state index in [0.717, 1.165) is 12.0 Å². The fourth-order valence-electron chi connectivity index (χ4n) is 2.70. The lowest BCUT2D eigenvalue weighted by Crippen LogP contribution is -2.62. The zero-order valence-electron chi connectivity index (χ0n) is 12.5. The molecule has 0 aliphatic carbocycles. The van der Waals surface area contributed by atoms with Gasteiger partial charge in [-0.1, -0.05) is 32.4 Å². The first kappa shape index (κ1) is 15.4. The highest BCUT2D eigenvalue weighted by Crippen LogP contribution is 2.21. The minimum absolute atomic E-state index is 0.0427. The maximum absolute atomic E-state index is 12.5. The van der Waals surface area contributed by atoms with Gasteiger partial charge in [0.1, 0.15) is 17.8 Å². The van der Waals surface area contributed by atoms with Crippen molar-refractivity contribution in [2.45, 2.75) is 51.7 Å². The van der Waals surface area contributed by atoms with Crippen molar-refractivity contribution in [2.24, 2.45) is 0 Å². The van der Waals surface area contributed by atoms with Crippen LogP contribution in [0.15, 0.2) is 24.3 Å². The average Bonchev–Trinajstić information content (AvgIpc) is 2.46. The first-order valence-electron chi connectivity index (χ1n) is 7.45. The molecule has 114 valence electrons. The Morgan fingerprint density at radius 1 is 1.29 bits per heavy atom. The summed E-state index contributed by atoms with van der Waals surface area (Å²) in [5, 5.41) is 12.3. The maximum atomic E-state index is 12.5. The molecular weight excluding hydrogens is 268 g/mol. The molecule has 2 N–H and O–H groups in total. The van der Waals surface area contributed by atoms with E-state index in [1.165, 1.54) is 0 Å². The number of carbonyl (C=O) groups excluding carboxylic acids is 2. The summed E-state index contributed by atoms with van der Waals surface area (Å²) in [5.74, 6) is 0.0443. The Morgan fingerprint density at radius 2 is 2.05 bits per heavy atom. The Balaban J connectivity index is 2.25. The molecule has 5 heteroatoms. The Morgan fingerprint density at radius 3 is 2.67 bits per heavy atom. The van der Waals surface area contributed by atoms with Crippen LogP contribution in [-0.4, -0.2) is 33.9 Å². The number of hydrogen-bond acceptors (Lipinski definition) is 3. The maximum Gasteiger partial charge on any atom is 0.246 e. The second-order valence-corrected chi connectivity index (χ2v) is 5.41. The van der Waals surface area contributed by atoms with Crippen molar-refractivity contribution in [3.63, 3.8) is 0 Å². The molecule has 1 aliphatic heterocycles. The van der Waals surface area contributed by atoms with E-state index < -0.39 is 12.1 Å². The van der Waals surface area contributed by atoms with Crippen LogP contribution >= 0.6 is 0 Å². The van der Waals surface area contributed by atoms with Gasteiger partial charge in [-0.05, 0) is 30.5 Å². The fourth-order valence-corrected chi connectivity index (χ4v) is 2.70. The summed E-state index contributed by atoms with van der Waals surface area (Å²) in [6.07, 6.45) is 2.06. The summed E-state index contributed by atoms with van der Waals surface area (Å²) in [6.45, 7) is 4.23. The third kappa shape index (κ3) is 3.35. The number of carbonyl (C=O) groups is 2. The molecule has 1 aliphatic rings. The lowest BCUT2D eigenvalue weighted by molar-refractivity contribution is -0.150. The lowest BCUT2D eigenvalue weighted by Gasteiger charge is -2.38. The summed E-state index contributed by atoms with van der Waals surface area (Å²) in [7, 11) is 0. The highest BCUT2D eigenvalue weighted by molar-refractivity contribution is 5.96. The van der Waals surface area contributed by atoms with Crippen molar-refractivity contribution < 1.29 is 14.7 Å². The van der Waals surface area contributed by atoms with Crippen LogP contribution in [0.1, 0.15) is 38.7 Å². The van der Waals surface area contributed by atoms with E-state index in [4.69, 9.17) is 0 Å². The van der Waals surface area contributed by atoms with Crippen molar-refractivity contribution >= 4 is 11.8 Å². The summed E-state index contributed by atoms with van der Waals surface area (Å²) in [5.41, 5.74) is 0.828. The number of phenols is 1. The zero-order valence-corrected chi connectivity index (χ0v) is 12.5. The predicted molar refractivity (Wildman–Crippen MR) is 79.6 cm³/mol. The van der Waals surface area contributed by atoms with Crippen LogP contribution in [-0.2, 0) is 16.1 Å². The third-order valence-corrected chi connectivity index (χ3v) is 3.81. The van der Waals surface area contributed by atoms with Crippen LogP contribution in [0.5, 0.6) is 5.75 Å². The normalized spacial score (nSPS) is 22.3. The van der Waals surface area contributed by atoms with Crippen LogP contribution in [0, 0.1) is 0 Å². The first-order chi connectivity index (χ1) is 10.1. The van der Waals surface area contributed by atoms with Gasteiger partial charge in [-0.3, -0.25) is 9.59 Å². The molecule has 0 radical (unpaired) electrons. The SMILES string of the molecule is CCCC1C(=O)NC(CC)C(=O)N1Cc1cccc(O)c1. The van der Waals surface area contributed by atoms with Gasteiger partial charge < -0.3 is 15.3 Å². The summed E-state index contributed by atoms with van der Waals surface area (Å²) < 4.78 is 0. The molecule has 1 aromatic carbocycles.